The van der Waals surface area contributed by atoms with Gasteiger partial charge in [0.05, 0.1) is 43.9 Å². The van der Waals surface area contributed by atoms with Crippen molar-refractivity contribution in [2.45, 2.75) is 6.92 Å². The summed E-state index contributed by atoms with van der Waals surface area (Å²) < 4.78 is 12.5. The Hall–Kier alpha value is -1.95. The molecule has 0 radical (unpaired) electrons. The van der Waals surface area contributed by atoms with Crippen molar-refractivity contribution in [2.24, 2.45) is 0 Å². The zero-order valence-corrected chi connectivity index (χ0v) is 10.9. The molecule has 1 N–H and O–H groups in total. The van der Waals surface area contributed by atoms with Crippen LogP contribution in [-0.2, 0) is 4.74 Å². The predicted molar refractivity (Wildman–Crippen MR) is 72.5 cm³/mol. The van der Waals surface area contributed by atoms with Gasteiger partial charge in [-0.2, -0.15) is 0 Å². The topological polar surface area (TPSA) is 59.5 Å². The van der Waals surface area contributed by atoms with Gasteiger partial charge in [0, 0.05) is 6.07 Å². The van der Waals surface area contributed by atoms with Crippen LogP contribution in [0.3, 0.4) is 0 Å². The first kappa shape index (κ1) is 12.1. The molecule has 0 saturated carbocycles. The number of imidazole rings is 1. The van der Waals surface area contributed by atoms with Gasteiger partial charge in [-0.15, -0.1) is 0 Å². The highest BCUT2D eigenvalue weighted by Crippen LogP contribution is 2.19. The molecule has 3 rings (SSSR count). The highest BCUT2D eigenvalue weighted by atomic mass is 16.5. The van der Waals surface area contributed by atoms with E-state index in [1.54, 1.807) is 4.68 Å². The zero-order chi connectivity index (χ0) is 13.2. The second kappa shape index (κ2) is 4.97. The first-order chi connectivity index (χ1) is 9.29. The number of fused-ring (bicyclic) bond motifs is 1. The van der Waals surface area contributed by atoms with E-state index < -0.39 is 0 Å². The summed E-state index contributed by atoms with van der Waals surface area (Å²) >= 11 is 0. The zero-order valence-electron chi connectivity index (χ0n) is 10.9. The van der Waals surface area contributed by atoms with Gasteiger partial charge in [-0.1, -0.05) is 0 Å². The van der Waals surface area contributed by atoms with E-state index in [-0.39, 0.29) is 5.69 Å². The van der Waals surface area contributed by atoms with Gasteiger partial charge in [0.15, 0.2) is 0 Å². The monoisotopic (exact) mass is 263 g/mol. The standard InChI is InChI=1S/C13H17N3O3/c1-2-19-10-3-4-11-12(9-10)16(13(17)14-11)15-5-7-18-8-6-15/h3-4,9H,2,5-8H2,1H3,(H,14,17). The molecule has 102 valence electrons. The lowest BCUT2D eigenvalue weighted by Gasteiger charge is -2.29. The van der Waals surface area contributed by atoms with Crippen LogP contribution in [-0.4, -0.2) is 42.6 Å². The van der Waals surface area contributed by atoms with Gasteiger partial charge in [-0.25, -0.2) is 9.47 Å². The SMILES string of the molecule is CCOc1ccc2[nH]c(=O)n(N3CCOCC3)c2c1. The van der Waals surface area contributed by atoms with Crippen LogP contribution in [0.25, 0.3) is 11.0 Å². The quantitative estimate of drug-likeness (QED) is 0.885. The minimum Gasteiger partial charge on any atom is -0.494 e. The van der Waals surface area contributed by atoms with Crippen molar-refractivity contribution >= 4 is 11.0 Å². The first-order valence-electron chi connectivity index (χ1n) is 6.50. The number of hydrogen-bond donors (Lipinski definition) is 1. The Labute approximate surface area is 110 Å². The predicted octanol–water partition coefficient (Wildman–Crippen LogP) is 0.696. The fraction of sp³-hybridized carbons (Fsp3) is 0.462. The van der Waals surface area contributed by atoms with Crippen LogP contribution < -0.4 is 15.4 Å². The fourth-order valence-electron chi connectivity index (χ4n) is 2.36. The highest BCUT2D eigenvalue weighted by Gasteiger charge is 2.16. The number of H-pyrrole nitrogens is 1. The molecule has 0 aliphatic carbocycles. The van der Waals surface area contributed by atoms with Crippen molar-refractivity contribution in [3.63, 3.8) is 0 Å². The molecule has 1 aliphatic rings. The average Bonchev–Trinajstić information content (AvgIpc) is 2.75. The summed E-state index contributed by atoms with van der Waals surface area (Å²) in [6.07, 6.45) is 0. The number of ether oxygens (including phenoxy) is 2. The van der Waals surface area contributed by atoms with E-state index >= 15 is 0 Å². The molecule has 0 unspecified atom stereocenters. The molecular formula is C13H17N3O3. The van der Waals surface area contributed by atoms with Gasteiger partial charge >= 0.3 is 5.69 Å². The number of nitrogens with one attached hydrogen (secondary N) is 1. The summed E-state index contributed by atoms with van der Waals surface area (Å²) in [6, 6.07) is 5.64. The van der Waals surface area contributed by atoms with E-state index in [1.165, 1.54) is 0 Å². The smallest absolute Gasteiger partial charge is 0.345 e. The van der Waals surface area contributed by atoms with Crippen molar-refractivity contribution in [1.29, 1.82) is 0 Å². The van der Waals surface area contributed by atoms with E-state index in [0.29, 0.717) is 32.9 Å². The molecule has 19 heavy (non-hydrogen) atoms. The van der Waals surface area contributed by atoms with Crippen LogP contribution in [0.15, 0.2) is 23.0 Å². The van der Waals surface area contributed by atoms with Gasteiger partial charge in [0.2, 0.25) is 0 Å². The van der Waals surface area contributed by atoms with Crippen molar-refractivity contribution < 1.29 is 9.47 Å². The molecule has 1 aliphatic heterocycles. The Morgan fingerprint density at radius 2 is 2.16 bits per heavy atom. The minimum atomic E-state index is -0.120. The Balaban J connectivity index is 2.08. The Bertz CT molecular complexity index is 626. The van der Waals surface area contributed by atoms with Crippen molar-refractivity contribution in [2.75, 3.05) is 37.9 Å². The number of aromatic nitrogens is 2. The number of morpholine rings is 1. The van der Waals surface area contributed by atoms with E-state index in [0.717, 1.165) is 16.8 Å². The Kier molecular flexibility index (Phi) is 3.16. The van der Waals surface area contributed by atoms with Crippen LogP contribution >= 0.6 is 0 Å². The molecule has 1 aromatic heterocycles. The molecule has 0 atom stereocenters. The van der Waals surface area contributed by atoms with Gasteiger partial charge in [-0.3, -0.25) is 0 Å². The molecule has 6 heteroatoms. The number of nitrogens with zero attached hydrogens (tertiary/aromatic N) is 2. The molecule has 1 aromatic carbocycles. The molecule has 0 amide bonds. The average molecular weight is 263 g/mol. The third-order valence-electron chi connectivity index (χ3n) is 3.21. The first-order valence-corrected chi connectivity index (χ1v) is 6.50. The number of benzene rings is 1. The van der Waals surface area contributed by atoms with Crippen LogP contribution in [0.5, 0.6) is 5.75 Å². The molecule has 0 bridgehead atoms. The fourth-order valence-corrected chi connectivity index (χ4v) is 2.36. The lowest BCUT2D eigenvalue weighted by molar-refractivity contribution is 0.111. The van der Waals surface area contributed by atoms with Gasteiger partial charge in [-0.05, 0) is 19.1 Å². The summed E-state index contributed by atoms with van der Waals surface area (Å²) in [6.45, 7) is 5.26. The second-order valence-electron chi connectivity index (χ2n) is 4.42. The molecule has 1 saturated heterocycles. The number of hydrogen-bond acceptors (Lipinski definition) is 4. The normalized spacial score (nSPS) is 15.9. The van der Waals surface area contributed by atoms with E-state index in [9.17, 15) is 4.79 Å². The maximum atomic E-state index is 12.1. The van der Waals surface area contributed by atoms with Crippen LogP contribution in [0.4, 0.5) is 0 Å². The minimum absolute atomic E-state index is 0.120. The van der Waals surface area contributed by atoms with Crippen LogP contribution in [0, 0.1) is 0 Å². The second-order valence-corrected chi connectivity index (χ2v) is 4.42. The summed E-state index contributed by atoms with van der Waals surface area (Å²) in [5.41, 5.74) is 1.54. The summed E-state index contributed by atoms with van der Waals surface area (Å²) in [4.78, 5) is 15.0. The lowest BCUT2D eigenvalue weighted by atomic mass is 10.3. The van der Waals surface area contributed by atoms with Crippen LogP contribution in [0.1, 0.15) is 6.92 Å². The van der Waals surface area contributed by atoms with Gasteiger partial charge in [0.25, 0.3) is 0 Å². The Morgan fingerprint density at radius 3 is 2.89 bits per heavy atom. The molecule has 2 aromatic rings. The van der Waals surface area contributed by atoms with Crippen LogP contribution in [0.2, 0.25) is 0 Å². The largest absolute Gasteiger partial charge is 0.494 e. The number of aromatic amines is 1. The molecule has 2 heterocycles. The molecule has 6 nitrogen and oxygen atoms in total. The van der Waals surface area contributed by atoms with Gasteiger partial charge in [0.1, 0.15) is 5.75 Å². The van der Waals surface area contributed by atoms with E-state index in [2.05, 4.69) is 4.98 Å². The van der Waals surface area contributed by atoms with Gasteiger partial charge < -0.3 is 19.5 Å². The van der Waals surface area contributed by atoms with Crippen molar-refractivity contribution in [3.8, 4) is 5.75 Å². The third-order valence-corrected chi connectivity index (χ3v) is 3.21. The maximum Gasteiger partial charge on any atom is 0.345 e. The number of rotatable bonds is 3. The summed E-state index contributed by atoms with van der Waals surface area (Å²) in [7, 11) is 0. The maximum absolute atomic E-state index is 12.1. The molecule has 1 fully saturated rings. The lowest BCUT2D eigenvalue weighted by Crippen LogP contribution is -2.48. The van der Waals surface area contributed by atoms with Crippen molar-refractivity contribution in [3.05, 3.63) is 28.7 Å². The molecular weight excluding hydrogens is 246 g/mol. The van der Waals surface area contributed by atoms with Crippen molar-refractivity contribution in [1.82, 2.24) is 9.66 Å². The summed E-state index contributed by atoms with van der Waals surface area (Å²) in [5, 5.41) is 2.00. The third kappa shape index (κ3) is 2.19. The molecule has 0 spiro atoms. The summed E-state index contributed by atoms with van der Waals surface area (Å²) in [5.74, 6) is 0.774. The highest BCUT2D eigenvalue weighted by molar-refractivity contribution is 5.77. The Morgan fingerprint density at radius 1 is 1.37 bits per heavy atom. The van der Waals surface area contributed by atoms with E-state index in [4.69, 9.17) is 9.47 Å². The van der Waals surface area contributed by atoms with E-state index in [1.807, 2.05) is 30.1 Å².